The number of nitrogens with zero attached hydrogens (tertiary/aromatic N) is 2. The number of benzene rings is 1. The lowest BCUT2D eigenvalue weighted by Gasteiger charge is -2.18. The van der Waals surface area contributed by atoms with Crippen molar-refractivity contribution in [3.8, 4) is 11.4 Å². The maximum Gasteiger partial charge on any atom is 0.270 e. The minimum absolute atomic E-state index is 0.0283. The molecule has 0 aliphatic carbocycles. The lowest BCUT2D eigenvalue weighted by Crippen LogP contribution is -2.20. The first-order chi connectivity index (χ1) is 9.68. The predicted molar refractivity (Wildman–Crippen MR) is 80.4 cm³/mol. The van der Waals surface area contributed by atoms with Crippen molar-refractivity contribution in [3.05, 3.63) is 56.0 Å². The molecule has 0 radical (unpaired) electrons. The summed E-state index contributed by atoms with van der Waals surface area (Å²) in [6, 6.07) is 5.97. The Kier molecular flexibility index (Phi) is 3.63. The molecule has 0 amide bonds. The molecule has 0 fully saturated rings. The predicted octanol–water partition coefficient (Wildman–Crippen LogP) is 2.95. The fraction of sp³-hybridized carbons (Fsp3) is 0.333. The number of nitro groups is 1. The highest BCUT2D eigenvalue weighted by Gasteiger charge is 2.19. The normalized spacial score (nSPS) is 11.4. The molecule has 21 heavy (non-hydrogen) atoms. The van der Waals surface area contributed by atoms with Gasteiger partial charge in [-0.05, 0) is 12.5 Å². The van der Waals surface area contributed by atoms with Gasteiger partial charge in [0.1, 0.15) is 5.82 Å². The van der Waals surface area contributed by atoms with E-state index < -0.39 is 4.92 Å². The summed E-state index contributed by atoms with van der Waals surface area (Å²) in [6.07, 6.45) is 0. The Morgan fingerprint density at radius 1 is 1.24 bits per heavy atom. The van der Waals surface area contributed by atoms with Gasteiger partial charge in [0.15, 0.2) is 0 Å². The van der Waals surface area contributed by atoms with Gasteiger partial charge in [0, 0.05) is 29.2 Å². The number of hydrogen-bond donors (Lipinski definition) is 1. The van der Waals surface area contributed by atoms with Gasteiger partial charge < -0.3 is 4.98 Å². The fourth-order valence-electron chi connectivity index (χ4n) is 1.95. The van der Waals surface area contributed by atoms with Gasteiger partial charge in [-0.25, -0.2) is 4.98 Å². The van der Waals surface area contributed by atoms with E-state index in [0.29, 0.717) is 17.1 Å². The molecule has 0 bridgehead atoms. The number of nitro benzene ring substituents is 1. The van der Waals surface area contributed by atoms with Gasteiger partial charge in [-0.2, -0.15) is 0 Å². The second-order valence-electron chi connectivity index (χ2n) is 5.99. The number of hydrogen-bond acceptors (Lipinski definition) is 4. The van der Waals surface area contributed by atoms with Gasteiger partial charge in [0.2, 0.25) is 0 Å². The highest BCUT2D eigenvalue weighted by atomic mass is 16.6. The Labute approximate surface area is 122 Å². The number of nitrogens with one attached hydrogen (secondary N) is 1. The van der Waals surface area contributed by atoms with Crippen LogP contribution in [0.2, 0.25) is 0 Å². The van der Waals surface area contributed by atoms with Crippen molar-refractivity contribution in [1.82, 2.24) is 9.97 Å². The Balaban J connectivity index is 2.67. The van der Waals surface area contributed by atoms with Crippen LogP contribution in [0.15, 0.2) is 29.1 Å². The number of non-ortho nitro benzene ring substituents is 1. The zero-order valence-corrected chi connectivity index (χ0v) is 12.4. The third-order valence-electron chi connectivity index (χ3n) is 3.20. The topological polar surface area (TPSA) is 88.9 Å². The van der Waals surface area contributed by atoms with Gasteiger partial charge in [0.05, 0.1) is 10.6 Å². The van der Waals surface area contributed by atoms with Crippen LogP contribution < -0.4 is 5.56 Å². The van der Waals surface area contributed by atoms with Gasteiger partial charge in [-0.15, -0.1) is 0 Å². The molecule has 1 heterocycles. The van der Waals surface area contributed by atoms with Crippen LogP contribution in [0.1, 0.15) is 32.0 Å². The van der Waals surface area contributed by atoms with Crippen molar-refractivity contribution in [2.45, 2.75) is 33.1 Å². The van der Waals surface area contributed by atoms with Crippen molar-refractivity contribution in [3.63, 3.8) is 0 Å². The van der Waals surface area contributed by atoms with Crippen molar-refractivity contribution in [1.29, 1.82) is 0 Å². The minimum atomic E-state index is -0.464. The Morgan fingerprint density at radius 2 is 1.90 bits per heavy atom. The molecule has 6 heteroatoms. The maximum absolute atomic E-state index is 11.8. The van der Waals surface area contributed by atoms with E-state index in [-0.39, 0.29) is 16.7 Å². The molecule has 1 N–H and O–H groups in total. The van der Waals surface area contributed by atoms with E-state index in [4.69, 9.17) is 0 Å². The molecule has 0 saturated heterocycles. The average molecular weight is 287 g/mol. The van der Waals surface area contributed by atoms with Crippen molar-refractivity contribution in [2.24, 2.45) is 0 Å². The molecule has 1 aromatic heterocycles. The monoisotopic (exact) mass is 287 g/mol. The summed E-state index contributed by atoms with van der Waals surface area (Å²) in [5.74, 6) is 0.355. The first-order valence-electron chi connectivity index (χ1n) is 6.56. The third-order valence-corrected chi connectivity index (χ3v) is 3.20. The molecule has 1 aromatic carbocycles. The fourth-order valence-corrected chi connectivity index (χ4v) is 1.95. The smallest absolute Gasteiger partial charge is 0.270 e. The average Bonchev–Trinajstić information content (AvgIpc) is 2.37. The summed E-state index contributed by atoms with van der Waals surface area (Å²) >= 11 is 0. The second kappa shape index (κ2) is 5.12. The van der Waals surface area contributed by atoms with E-state index in [2.05, 4.69) is 9.97 Å². The van der Waals surface area contributed by atoms with Gasteiger partial charge in [-0.1, -0.05) is 26.8 Å². The number of H-pyrrole nitrogens is 1. The summed E-state index contributed by atoms with van der Waals surface area (Å²) in [5, 5.41) is 10.9. The molecule has 2 rings (SSSR count). The van der Waals surface area contributed by atoms with E-state index in [1.807, 2.05) is 27.7 Å². The van der Waals surface area contributed by atoms with E-state index in [0.717, 1.165) is 5.56 Å². The third kappa shape index (κ3) is 3.16. The van der Waals surface area contributed by atoms with E-state index in [9.17, 15) is 14.9 Å². The molecular formula is C15H17N3O3. The van der Waals surface area contributed by atoms with Crippen molar-refractivity contribution < 1.29 is 4.92 Å². The van der Waals surface area contributed by atoms with Crippen LogP contribution in [0, 0.1) is 17.0 Å². The lowest BCUT2D eigenvalue weighted by atomic mass is 9.92. The van der Waals surface area contributed by atoms with E-state index in [1.165, 1.54) is 18.2 Å². The standard InChI is InChI=1S/C15H17N3O3/c1-9-5-6-10(18(20)21)7-11(9)14-16-12(15(2,3)4)8-13(19)17-14/h5-8H,1-4H3,(H,16,17,19). The van der Waals surface area contributed by atoms with Crippen LogP contribution in [0.3, 0.4) is 0 Å². The van der Waals surface area contributed by atoms with E-state index in [1.54, 1.807) is 6.07 Å². The molecule has 2 aromatic rings. The van der Waals surface area contributed by atoms with Crippen LogP contribution in [-0.4, -0.2) is 14.9 Å². The first kappa shape index (κ1) is 14.9. The highest BCUT2D eigenvalue weighted by molar-refractivity contribution is 5.63. The Morgan fingerprint density at radius 3 is 2.48 bits per heavy atom. The molecule has 0 aliphatic rings. The maximum atomic E-state index is 11.8. The summed E-state index contributed by atoms with van der Waals surface area (Å²) in [6.45, 7) is 7.69. The molecule has 110 valence electrons. The van der Waals surface area contributed by atoms with Gasteiger partial charge in [0.25, 0.3) is 11.2 Å². The zero-order valence-electron chi connectivity index (χ0n) is 12.4. The van der Waals surface area contributed by atoms with Gasteiger partial charge in [-0.3, -0.25) is 14.9 Å². The van der Waals surface area contributed by atoms with Crippen LogP contribution >= 0.6 is 0 Å². The molecule has 6 nitrogen and oxygen atoms in total. The Bertz CT molecular complexity index is 757. The van der Waals surface area contributed by atoms with Crippen LogP contribution in [-0.2, 0) is 5.41 Å². The summed E-state index contributed by atoms with van der Waals surface area (Å²) in [4.78, 5) is 29.4. The minimum Gasteiger partial charge on any atom is -0.307 e. The number of aromatic nitrogens is 2. The molecule has 0 unspecified atom stereocenters. The molecular weight excluding hydrogens is 270 g/mol. The van der Waals surface area contributed by atoms with E-state index >= 15 is 0 Å². The van der Waals surface area contributed by atoms with Crippen molar-refractivity contribution >= 4 is 5.69 Å². The lowest BCUT2D eigenvalue weighted by molar-refractivity contribution is -0.384. The molecule has 0 atom stereocenters. The van der Waals surface area contributed by atoms with Crippen LogP contribution in [0.25, 0.3) is 11.4 Å². The number of rotatable bonds is 2. The number of aryl methyl sites for hydroxylation is 1. The SMILES string of the molecule is Cc1ccc([N+](=O)[O-])cc1-c1nc(C(C)(C)C)cc(=O)[nH]1. The second-order valence-corrected chi connectivity index (χ2v) is 5.99. The summed E-state index contributed by atoms with van der Waals surface area (Å²) in [7, 11) is 0. The van der Waals surface area contributed by atoms with Crippen LogP contribution in [0.5, 0.6) is 0 Å². The largest absolute Gasteiger partial charge is 0.307 e. The quantitative estimate of drug-likeness (QED) is 0.679. The Hall–Kier alpha value is -2.50. The number of aromatic amines is 1. The summed E-state index contributed by atoms with van der Waals surface area (Å²) in [5.41, 5.74) is 1.45. The van der Waals surface area contributed by atoms with Crippen LogP contribution in [0.4, 0.5) is 5.69 Å². The zero-order chi connectivity index (χ0) is 15.8. The van der Waals surface area contributed by atoms with Gasteiger partial charge >= 0.3 is 0 Å². The molecule has 0 aliphatic heterocycles. The van der Waals surface area contributed by atoms with Crippen molar-refractivity contribution in [2.75, 3.05) is 0 Å². The molecule has 0 spiro atoms. The highest BCUT2D eigenvalue weighted by Crippen LogP contribution is 2.26. The summed E-state index contributed by atoms with van der Waals surface area (Å²) < 4.78 is 0. The first-order valence-corrected chi connectivity index (χ1v) is 6.56. The molecule has 0 saturated carbocycles.